The van der Waals surface area contributed by atoms with Gasteiger partial charge in [-0.05, 0) is 62.4 Å². The van der Waals surface area contributed by atoms with Crippen LogP contribution < -0.4 is 0 Å². The molecule has 114 valence electrons. The van der Waals surface area contributed by atoms with Gasteiger partial charge < -0.3 is 10.0 Å². The van der Waals surface area contributed by atoms with Gasteiger partial charge in [-0.3, -0.25) is 4.79 Å². The Balaban J connectivity index is 1.42. The van der Waals surface area contributed by atoms with Crippen molar-refractivity contribution in [1.29, 1.82) is 0 Å². The Labute approximate surface area is 127 Å². The third-order valence-corrected chi connectivity index (χ3v) is 5.19. The Morgan fingerprint density at radius 1 is 1.10 bits per heavy atom. The van der Waals surface area contributed by atoms with Gasteiger partial charge in [0.25, 0.3) is 0 Å². The standard InChI is InChI=1S/C18H25NO2/c20-17-6-4-14(5-7-17)15-8-11-19(12-9-15)13-10-18(21)16-2-1-3-16/h4-7,15-16,20H,1-3,8-13H2. The molecule has 0 spiro atoms. The van der Waals surface area contributed by atoms with Crippen molar-refractivity contribution in [2.75, 3.05) is 19.6 Å². The lowest BCUT2D eigenvalue weighted by Crippen LogP contribution is -2.35. The SMILES string of the molecule is O=C(CCN1CCC(c2ccc(O)cc2)CC1)C1CCC1. The fourth-order valence-corrected chi connectivity index (χ4v) is 3.44. The molecule has 3 heteroatoms. The molecule has 1 saturated carbocycles. The first-order valence-corrected chi connectivity index (χ1v) is 8.26. The molecular formula is C18H25NO2. The average Bonchev–Trinajstić information content (AvgIpc) is 2.45. The Morgan fingerprint density at radius 3 is 2.33 bits per heavy atom. The lowest BCUT2D eigenvalue weighted by Gasteiger charge is -2.32. The van der Waals surface area contributed by atoms with Gasteiger partial charge in [-0.25, -0.2) is 0 Å². The molecule has 2 fully saturated rings. The molecule has 21 heavy (non-hydrogen) atoms. The summed E-state index contributed by atoms with van der Waals surface area (Å²) in [5.41, 5.74) is 1.33. The van der Waals surface area contributed by atoms with Gasteiger partial charge in [0, 0.05) is 18.9 Å². The van der Waals surface area contributed by atoms with E-state index in [0.717, 1.165) is 51.7 Å². The van der Waals surface area contributed by atoms with Crippen molar-refractivity contribution in [2.24, 2.45) is 5.92 Å². The topological polar surface area (TPSA) is 40.5 Å². The molecule has 1 aromatic carbocycles. The minimum absolute atomic E-state index is 0.339. The van der Waals surface area contributed by atoms with Crippen LogP contribution >= 0.6 is 0 Å². The molecule has 1 aromatic rings. The summed E-state index contributed by atoms with van der Waals surface area (Å²) in [4.78, 5) is 14.4. The number of carbonyl (C=O) groups is 1. The number of aromatic hydroxyl groups is 1. The largest absolute Gasteiger partial charge is 0.508 e. The molecule has 0 atom stereocenters. The van der Waals surface area contributed by atoms with Gasteiger partial charge in [-0.1, -0.05) is 18.6 Å². The number of hydrogen-bond acceptors (Lipinski definition) is 3. The van der Waals surface area contributed by atoms with E-state index in [2.05, 4.69) is 4.90 Å². The van der Waals surface area contributed by atoms with E-state index in [1.165, 1.54) is 12.0 Å². The number of likely N-dealkylation sites (tertiary alicyclic amines) is 1. The fourth-order valence-electron chi connectivity index (χ4n) is 3.44. The summed E-state index contributed by atoms with van der Waals surface area (Å²) in [6.07, 6.45) is 6.55. The molecule has 3 rings (SSSR count). The molecule has 1 N–H and O–H groups in total. The molecule has 1 aliphatic carbocycles. The van der Waals surface area contributed by atoms with Crippen LogP contribution in [0.25, 0.3) is 0 Å². The first-order chi connectivity index (χ1) is 10.2. The summed E-state index contributed by atoms with van der Waals surface area (Å²) in [5, 5.41) is 9.35. The maximum atomic E-state index is 11.9. The van der Waals surface area contributed by atoms with Gasteiger partial charge in [0.1, 0.15) is 11.5 Å². The monoisotopic (exact) mass is 287 g/mol. The third kappa shape index (κ3) is 3.65. The molecule has 0 bridgehead atoms. The van der Waals surface area contributed by atoms with E-state index in [9.17, 15) is 9.90 Å². The molecule has 2 aliphatic rings. The number of hydrogen-bond donors (Lipinski definition) is 1. The van der Waals surface area contributed by atoms with E-state index in [-0.39, 0.29) is 0 Å². The van der Waals surface area contributed by atoms with Gasteiger partial charge in [0.2, 0.25) is 0 Å². The molecule has 0 amide bonds. The average molecular weight is 287 g/mol. The van der Waals surface area contributed by atoms with Gasteiger partial charge in [0.05, 0.1) is 0 Å². The Kier molecular flexibility index (Phi) is 4.59. The number of Topliss-reactive ketones (excluding diaryl/α,β-unsaturated/α-hetero) is 1. The minimum Gasteiger partial charge on any atom is -0.508 e. The molecule has 1 heterocycles. The van der Waals surface area contributed by atoms with Crippen molar-refractivity contribution < 1.29 is 9.90 Å². The first-order valence-electron chi connectivity index (χ1n) is 8.26. The Bertz CT molecular complexity index is 470. The van der Waals surface area contributed by atoms with Gasteiger partial charge in [0.15, 0.2) is 0 Å². The lowest BCUT2D eigenvalue weighted by atomic mass is 9.81. The van der Waals surface area contributed by atoms with Crippen LogP contribution in [0.5, 0.6) is 5.75 Å². The van der Waals surface area contributed by atoms with Crippen LogP contribution in [0, 0.1) is 5.92 Å². The van der Waals surface area contributed by atoms with Crippen LogP contribution in [0.3, 0.4) is 0 Å². The number of nitrogens with zero attached hydrogens (tertiary/aromatic N) is 1. The van der Waals surface area contributed by atoms with Crippen LogP contribution in [0.4, 0.5) is 0 Å². The van der Waals surface area contributed by atoms with Crippen molar-refractivity contribution in [3.8, 4) is 5.75 Å². The summed E-state index contributed by atoms with van der Waals surface area (Å²) in [5.74, 6) is 1.82. The van der Waals surface area contributed by atoms with Crippen molar-refractivity contribution in [3.05, 3.63) is 29.8 Å². The summed E-state index contributed by atoms with van der Waals surface area (Å²) >= 11 is 0. The van der Waals surface area contributed by atoms with Crippen molar-refractivity contribution in [3.63, 3.8) is 0 Å². The molecular weight excluding hydrogens is 262 g/mol. The number of ketones is 1. The van der Waals surface area contributed by atoms with E-state index in [1.54, 1.807) is 12.1 Å². The highest BCUT2D eigenvalue weighted by Gasteiger charge is 2.26. The van der Waals surface area contributed by atoms with E-state index >= 15 is 0 Å². The first kappa shape index (κ1) is 14.6. The number of phenolic OH excluding ortho intramolecular Hbond substituents is 1. The van der Waals surface area contributed by atoms with Crippen molar-refractivity contribution in [1.82, 2.24) is 4.90 Å². The summed E-state index contributed by atoms with van der Waals surface area (Å²) in [7, 11) is 0. The van der Waals surface area contributed by atoms with Crippen LogP contribution in [-0.2, 0) is 4.79 Å². The smallest absolute Gasteiger partial charge is 0.137 e. The van der Waals surface area contributed by atoms with E-state index in [1.807, 2.05) is 12.1 Å². The highest BCUT2D eigenvalue weighted by atomic mass is 16.3. The fraction of sp³-hybridized carbons (Fsp3) is 0.611. The predicted octanol–water partition coefficient (Wildman–Crippen LogP) is 3.33. The third-order valence-electron chi connectivity index (χ3n) is 5.19. The van der Waals surface area contributed by atoms with Crippen LogP contribution in [0.15, 0.2) is 24.3 Å². The molecule has 1 saturated heterocycles. The van der Waals surface area contributed by atoms with Gasteiger partial charge >= 0.3 is 0 Å². The second-order valence-corrected chi connectivity index (χ2v) is 6.55. The second-order valence-electron chi connectivity index (χ2n) is 6.55. The maximum Gasteiger partial charge on any atom is 0.137 e. The quantitative estimate of drug-likeness (QED) is 0.903. The molecule has 0 aromatic heterocycles. The Hall–Kier alpha value is -1.35. The zero-order valence-corrected chi connectivity index (χ0v) is 12.6. The number of piperidine rings is 1. The summed E-state index contributed by atoms with van der Waals surface area (Å²) in [6, 6.07) is 7.63. The van der Waals surface area contributed by atoms with Crippen LogP contribution in [-0.4, -0.2) is 35.4 Å². The highest BCUT2D eigenvalue weighted by molar-refractivity contribution is 5.81. The minimum atomic E-state index is 0.339. The lowest BCUT2D eigenvalue weighted by molar-refractivity contribution is -0.125. The molecule has 3 nitrogen and oxygen atoms in total. The predicted molar refractivity (Wildman–Crippen MR) is 83.5 cm³/mol. The molecule has 1 aliphatic heterocycles. The summed E-state index contributed by atoms with van der Waals surface area (Å²) in [6.45, 7) is 3.12. The second kappa shape index (κ2) is 6.61. The number of rotatable bonds is 5. The van der Waals surface area contributed by atoms with Crippen molar-refractivity contribution in [2.45, 2.75) is 44.4 Å². The van der Waals surface area contributed by atoms with Crippen LogP contribution in [0.1, 0.15) is 50.0 Å². The molecule has 0 radical (unpaired) electrons. The normalized spacial score (nSPS) is 21.1. The summed E-state index contributed by atoms with van der Waals surface area (Å²) < 4.78 is 0. The zero-order chi connectivity index (χ0) is 14.7. The van der Waals surface area contributed by atoms with E-state index in [0.29, 0.717) is 23.4 Å². The van der Waals surface area contributed by atoms with E-state index < -0.39 is 0 Å². The maximum absolute atomic E-state index is 11.9. The number of benzene rings is 1. The highest BCUT2D eigenvalue weighted by Crippen LogP contribution is 2.30. The Morgan fingerprint density at radius 2 is 1.76 bits per heavy atom. The number of phenols is 1. The molecule has 0 unspecified atom stereocenters. The van der Waals surface area contributed by atoms with Crippen molar-refractivity contribution >= 4 is 5.78 Å². The number of carbonyl (C=O) groups excluding carboxylic acids is 1. The van der Waals surface area contributed by atoms with Gasteiger partial charge in [-0.15, -0.1) is 0 Å². The zero-order valence-electron chi connectivity index (χ0n) is 12.6. The van der Waals surface area contributed by atoms with Gasteiger partial charge in [-0.2, -0.15) is 0 Å². The van der Waals surface area contributed by atoms with Crippen LogP contribution in [0.2, 0.25) is 0 Å². The van der Waals surface area contributed by atoms with E-state index in [4.69, 9.17) is 0 Å².